The van der Waals surface area contributed by atoms with Crippen LogP contribution in [-0.4, -0.2) is 26.7 Å². The number of phenols is 2. The topological polar surface area (TPSA) is 142 Å². The summed E-state index contributed by atoms with van der Waals surface area (Å²) < 4.78 is 5.20. The van der Waals surface area contributed by atoms with Crippen LogP contribution in [0, 0.1) is 0 Å². The summed E-state index contributed by atoms with van der Waals surface area (Å²) in [6.45, 7) is 0. The summed E-state index contributed by atoms with van der Waals surface area (Å²) in [7, 11) is 0. The standard InChI is InChI=1S/C15H11BrN6O3/c16-9-3-1-2-4-10(9)18-7-8-5-11(13(24)6-12(8)23)19-20-15-14(17)21-25-22-15/h1-7,23-24H,(H2,17,21). The molecule has 3 rings (SSSR count). The summed E-state index contributed by atoms with van der Waals surface area (Å²) in [5.41, 5.74) is 6.59. The van der Waals surface area contributed by atoms with Gasteiger partial charge in [-0.15, -0.1) is 10.2 Å². The molecule has 0 radical (unpaired) electrons. The van der Waals surface area contributed by atoms with E-state index in [9.17, 15) is 10.2 Å². The maximum atomic E-state index is 9.97. The second-order valence-corrected chi connectivity index (χ2v) is 5.64. The second-order valence-electron chi connectivity index (χ2n) is 4.78. The van der Waals surface area contributed by atoms with Crippen molar-refractivity contribution >= 4 is 45.2 Å². The highest BCUT2D eigenvalue weighted by molar-refractivity contribution is 9.10. The third-order valence-corrected chi connectivity index (χ3v) is 3.74. The molecule has 10 heteroatoms. The molecule has 1 aromatic heterocycles. The number of aromatic nitrogens is 2. The van der Waals surface area contributed by atoms with Gasteiger partial charge in [-0.1, -0.05) is 12.1 Å². The lowest BCUT2D eigenvalue weighted by Crippen LogP contribution is -1.84. The van der Waals surface area contributed by atoms with Gasteiger partial charge >= 0.3 is 0 Å². The Morgan fingerprint density at radius 3 is 2.56 bits per heavy atom. The number of azo groups is 1. The number of anilines is 1. The minimum atomic E-state index is -0.269. The zero-order valence-electron chi connectivity index (χ0n) is 12.5. The number of rotatable bonds is 4. The summed E-state index contributed by atoms with van der Waals surface area (Å²) in [5, 5.41) is 34.2. The Morgan fingerprint density at radius 1 is 1.04 bits per heavy atom. The number of nitrogen functional groups attached to an aromatic ring is 1. The summed E-state index contributed by atoms with van der Waals surface area (Å²) in [6.07, 6.45) is 1.44. The Bertz CT molecular complexity index is 970. The molecule has 0 saturated heterocycles. The summed E-state index contributed by atoms with van der Waals surface area (Å²) in [6, 6.07) is 9.91. The Hall–Kier alpha value is -3.27. The molecule has 0 aliphatic carbocycles. The van der Waals surface area contributed by atoms with E-state index in [-0.39, 0.29) is 28.8 Å². The summed E-state index contributed by atoms with van der Waals surface area (Å²) in [5.74, 6) is -0.474. The molecule has 0 aliphatic heterocycles. The highest BCUT2D eigenvalue weighted by Gasteiger charge is 2.09. The van der Waals surface area contributed by atoms with Crippen molar-refractivity contribution < 1.29 is 14.8 Å². The fraction of sp³-hybridized carbons (Fsp3) is 0. The average Bonchev–Trinajstić information content (AvgIpc) is 2.99. The van der Waals surface area contributed by atoms with Crippen molar-refractivity contribution in [2.75, 3.05) is 5.73 Å². The van der Waals surface area contributed by atoms with Crippen molar-refractivity contribution in [3.63, 3.8) is 0 Å². The van der Waals surface area contributed by atoms with Crippen LogP contribution >= 0.6 is 15.9 Å². The van der Waals surface area contributed by atoms with Crippen molar-refractivity contribution in [2.24, 2.45) is 15.2 Å². The van der Waals surface area contributed by atoms with Gasteiger partial charge in [0.1, 0.15) is 17.2 Å². The van der Waals surface area contributed by atoms with E-state index in [2.05, 4.69) is 46.1 Å². The lowest BCUT2D eigenvalue weighted by Gasteiger charge is -2.03. The van der Waals surface area contributed by atoms with Crippen LogP contribution in [0.15, 0.2) is 60.7 Å². The van der Waals surface area contributed by atoms with E-state index in [0.29, 0.717) is 11.3 Å². The number of halogens is 1. The van der Waals surface area contributed by atoms with Crippen LogP contribution < -0.4 is 5.73 Å². The highest BCUT2D eigenvalue weighted by atomic mass is 79.9. The maximum Gasteiger partial charge on any atom is 0.261 e. The minimum absolute atomic E-state index is 0.0177. The molecule has 0 amide bonds. The van der Waals surface area contributed by atoms with Gasteiger partial charge in [-0.2, -0.15) is 0 Å². The molecule has 25 heavy (non-hydrogen) atoms. The number of aliphatic imine (C=N–C) groups is 1. The molecule has 0 unspecified atom stereocenters. The van der Waals surface area contributed by atoms with E-state index in [0.717, 1.165) is 10.5 Å². The molecule has 0 atom stereocenters. The van der Waals surface area contributed by atoms with E-state index >= 15 is 0 Å². The van der Waals surface area contributed by atoms with Gasteiger partial charge in [0, 0.05) is 22.3 Å². The molecule has 0 fully saturated rings. The lowest BCUT2D eigenvalue weighted by molar-refractivity contribution is 0.310. The Labute approximate surface area is 149 Å². The third kappa shape index (κ3) is 3.80. The van der Waals surface area contributed by atoms with Crippen molar-refractivity contribution in [2.45, 2.75) is 0 Å². The highest BCUT2D eigenvalue weighted by Crippen LogP contribution is 2.34. The number of phenolic OH excluding ortho intramolecular Hbond substituents is 2. The molecule has 3 aromatic rings. The average molecular weight is 403 g/mol. The first-order valence-corrected chi connectivity index (χ1v) is 7.68. The summed E-state index contributed by atoms with van der Waals surface area (Å²) >= 11 is 3.38. The quantitative estimate of drug-likeness (QED) is 0.444. The van der Waals surface area contributed by atoms with Gasteiger partial charge in [-0.3, -0.25) is 4.99 Å². The van der Waals surface area contributed by atoms with Gasteiger partial charge in [0.25, 0.3) is 5.82 Å². The first kappa shape index (κ1) is 16.6. The van der Waals surface area contributed by atoms with Gasteiger partial charge in [0.15, 0.2) is 0 Å². The number of hydrogen-bond donors (Lipinski definition) is 3. The Balaban J connectivity index is 1.92. The number of nitrogens with two attached hydrogens (primary N) is 1. The number of nitrogens with zero attached hydrogens (tertiary/aromatic N) is 5. The van der Waals surface area contributed by atoms with Crippen molar-refractivity contribution in [1.82, 2.24) is 10.3 Å². The van der Waals surface area contributed by atoms with E-state index in [1.54, 1.807) is 6.07 Å². The van der Waals surface area contributed by atoms with Gasteiger partial charge in [0.2, 0.25) is 5.82 Å². The molecule has 1 heterocycles. The molecule has 0 spiro atoms. The molecule has 4 N–H and O–H groups in total. The fourth-order valence-electron chi connectivity index (χ4n) is 1.82. The molecule has 0 aliphatic rings. The van der Waals surface area contributed by atoms with E-state index < -0.39 is 0 Å². The first-order chi connectivity index (χ1) is 12.0. The van der Waals surface area contributed by atoms with Crippen molar-refractivity contribution in [1.29, 1.82) is 0 Å². The van der Waals surface area contributed by atoms with Crippen molar-refractivity contribution in [3.05, 3.63) is 46.4 Å². The fourth-order valence-corrected chi connectivity index (χ4v) is 2.21. The van der Waals surface area contributed by atoms with E-state index in [1.165, 1.54) is 12.3 Å². The van der Waals surface area contributed by atoms with Gasteiger partial charge < -0.3 is 15.9 Å². The van der Waals surface area contributed by atoms with Gasteiger partial charge in [-0.25, -0.2) is 4.63 Å². The third-order valence-electron chi connectivity index (χ3n) is 3.07. The van der Waals surface area contributed by atoms with Crippen LogP contribution in [0.2, 0.25) is 0 Å². The van der Waals surface area contributed by atoms with Crippen molar-refractivity contribution in [3.8, 4) is 11.5 Å². The van der Waals surface area contributed by atoms with Gasteiger partial charge in [0.05, 0.1) is 5.69 Å². The largest absolute Gasteiger partial charge is 0.507 e. The zero-order valence-corrected chi connectivity index (χ0v) is 14.1. The zero-order chi connectivity index (χ0) is 17.8. The van der Waals surface area contributed by atoms with Crippen LogP contribution in [0.5, 0.6) is 11.5 Å². The Kier molecular flexibility index (Phi) is 4.70. The molecule has 9 nitrogen and oxygen atoms in total. The van der Waals surface area contributed by atoms with E-state index in [1.807, 2.05) is 18.2 Å². The predicted molar refractivity (Wildman–Crippen MR) is 94.1 cm³/mol. The molecular formula is C15H11BrN6O3. The monoisotopic (exact) mass is 402 g/mol. The van der Waals surface area contributed by atoms with Crippen LogP contribution in [0.1, 0.15) is 5.56 Å². The van der Waals surface area contributed by atoms with Crippen LogP contribution in [-0.2, 0) is 0 Å². The molecule has 0 bridgehead atoms. The molecule has 2 aromatic carbocycles. The normalized spacial score (nSPS) is 11.6. The number of benzene rings is 2. The maximum absolute atomic E-state index is 9.97. The second kappa shape index (κ2) is 7.09. The number of para-hydroxylation sites is 1. The van der Waals surface area contributed by atoms with Crippen LogP contribution in [0.4, 0.5) is 23.0 Å². The first-order valence-electron chi connectivity index (χ1n) is 6.89. The Morgan fingerprint density at radius 2 is 1.84 bits per heavy atom. The summed E-state index contributed by atoms with van der Waals surface area (Å²) in [4.78, 5) is 4.29. The lowest BCUT2D eigenvalue weighted by atomic mass is 10.2. The van der Waals surface area contributed by atoms with E-state index in [4.69, 9.17) is 5.73 Å². The smallest absolute Gasteiger partial charge is 0.261 e. The SMILES string of the molecule is Nc1nonc1N=Nc1cc(C=Nc2ccccc2Br)c(O)cc1O. The molecular weight excluding hydrogens is 392 g/mol. The van der Waals surface area contributed by atoms with Crippen LogP contribution in [0.3, 0.4) is 0 Å². The molecule has 126 valence electrons. The van der Waals surface area contributed by atoms with Crippen LogP contribution in [0.25, 0.3) is 0 Å². The van der Waals surface area contributed by atoms with Gasteiger partial charge in [-0.05, 0) is 44.4 Å². The molecule has 0 saturated carbocycles. The number of hydrogen-bond acceptors (Lipinski definition) is 9. The number of aromatic hydroxyl groups is 2. The predicted octanol–water partition coefficient (Wildman–Crippen LogP) is 3.99. The minimum Gasteiger partial charge on any atom is -0.507 e.